The van der Waals surface area contributed by atoms with E-state index in [1.54, 1.807) is 38.1 Å². The van der Waals surface area contributed by atoms with E-state index in [1.165, 1.54) is 56.1 Å². The average molecular weight is 791 g/mol. The summed E-state index contributed by atoms with van der Waals surface area (Å²) in [6.07, 6.45) is 2.78. The Bertz CT molecular complexity index is 2450. The number of hydrogen-bond acceptors (Lipinski definition) is 10. The van der Waals surface area contributed by atoms with Gasteiger partial charge in [-0.3, -0.25) is 0 Å². The number of carboxylic acids is 2. The van der Waals surface area contributed by atoms with E-state index >= 15 is 0 Å². The molecule has 0 amide bonds. The van der Waals surface area contributed by atoms with Gasteiger partial charge in [0.25, 0.3) is 0 Å². The molecular formula is C38H34N10O6S2. The molecule has 0 unspecified atom stereocenters. The number of thiocarbonyl (C=S) groups is 2. The van der Waals surface area contributed by atoms with Gasteiger partial charge in [0, 0.05) is 0 Å². The third-order valence-electron chi connectivity index (χ3n) is 7.88. The van der Waals surface area contributed by atoms with Crippen molar-refractivity contribution in [2.75, 3.05) is 10.0 Å². The number of para-hydroxylation sites is 2. The highest BCUT2D eigenvalue weighted by atomic mass is 32.1. The van der Waals surface area contributed by atoms with E-state index in [9.17, 15) is 19.8 Å². The van der Waals surface area contributed by atoms with Crippen LogP contribution >= 0.6 is 24.4 Å². The zero-order valence-electron chi connectivity index (χ0n) is 29.7. The lowest BCUT2D eigenvalue weighted by atomic mass is 10.2. The Kier molecular flexibility index (Phi) is 12.5. The van der Waals surface area contributed by atoms with Crippen LogP contribution < -0.4 is 21.5 Å². The fraction of sp³-hybridized carbons (Fsp3) is 0.0526. The monoisotopic (exact) mass is 790 g/mol. The molecular weight excluding hydrogens is 757 g/mol. The summed E-state index contributed by atoms with van der Waals surface area (Å²) in [6, 6.07) is 30.3. The molecule has 0 aliphatic carbocycles. The van der Waals surface area contributed by atoms with Gasteiger partial charge in [0.1, 0.15) is 0 Å². The van der Waals surface area contributed by atoms with Gasteiger partial charge in [-0.15, -0.1) is 0 Å². The van der Waals surface area contributed by atoms with Gasteiger partial charge in [0.05, 0.1) is 68.8 Å². The van der Waals surface area contributed by atoms with Gasteiger partial charge in [0.15, 0.2) is 10.2 Å². The first-order chi connectivity index (χ1) is 26.8. The third-order valence-corrected chi connectivity index (χ3v) is 8.23. The van der Waals surface area contributed by atoms with Crippen molar-refractivity contribution in [3.63, 3.8) is 0 Å². The van der Waals surface area contributed by atoms with Crippen molar-refractivity contribution in [1.82, 2.24) is 19.6 Å². The van der Waals surface area contributed by atoms with E-state index < -0.39 is 11.9 Å². The van der Waals surface area contributed by atoms with E-state index in [0.717, 1.165) is 0 Å². The molecule has 284 valence electrons. The van der Waals surface area contributed by atoms with Gasteiger partial charge in [0.2, 0.25) is 11.8 Å². The van der Waals surface area contributed by atoms with Crippen LogP contribution in [0, 0.1) is 13.8 Å². The molecule has 0 saturated carbocycles. The largest absolute Gasteiger partial charge is 0.493 e. The topological polar surface area (TPSA) is 234 Å². The maximum absolute atomic E-state index is 11.2. The number of aromatic hydroxyl groups is 2. The Balaban J connectivity index is 0.000000214. The Labute approximate surface area is 330 Å². The minimum absolute atomic E-state index is 0.0353. The van der Waals surface area contributed by atoms with Crippen molar-refractivity contribution in [2.45, 2.75) is 13.8 Å². The summed E-state index contributed by atoms with van der Waals surface area (Å²) in [5.74, 6) is -2.27. The first kappa shape index (κ1) is 39.8. The first-order valence-corrected chi connectivity index (χ1v) is 17.2. The number of aromatic nitrogens is 4. The van der Waals surface area contributed by atoms with Crippen LogP contribution in [0.4, 0.5) is 11.4 Å². The fourth-order valence-electron chi connectivity index (χ4n) is 5.10. The highest BCUT2D eigenvalue weighted by Crippen LogP contribution is 2.25. The van der Waals surface area contributed by atoms with Crippen LogP contribution in [0.15, 0.2) is 119 Å². The first-order valence-electron chi connectivity index (χ1n) is 16.4. The molecule has 2 aromatic heterocycles. The number of rotatable bonds is 10. The van der Waals surface area contributed by atoms with E-state index in [0.29, 0.717) is 45.3 Å². The van der Waals surface area contributed by atoms with Gasteiger partial charge in [-0.25, -0.2) is 29.0 Å². The average Bonchev–Trinajstić information content (AvgIpc) is 3.64. The number of benzene rings is 4. The second-order valence-corrected chi connectivity index (χ2v) is 12.5. The third kappa shape index (κ3) is 9.19. The predicted molar refractivity (Wildman–Crippen MR) is 220 cm³/mol. The summed E-state index contributed by atoms with van der Waals surface area (Å²) in [5, 5.41) is 58.8. The molecule has 4 aromatic carbocycles. The summed E-state index contributed by atoms with van der Waals surface area (Å²) < 4.78 is 2.80. The molecule has 0 aliphatic rings. The van der Waals surface area contributed by atoms with Gasteiger partial charge in [-0.05, 0) is 105 Å². The quantitative estimate of drug-likeness (QED) is 0.0585. The SMILES string of the molecule is Cc1nn(-c2ccccc2)c(O)c1C=NN(C(N)=S)c1ccc(C(=O)O)cc1.Cc1nn(-c2ccccc2)c(O)c1C=NN(C(N)=S)c1cccc(C(=O)O)c1. The number of nitrogens with zero attached hydrogens (tertiary/aromatic N) is 8. The number of aryl methyl sites for hydroxylation is 2. The maximum Gasteiger partial charge on any atom is 0.335 e. The van der Waals surface area contributed by atoms with Crippen LogP contribution in [0.2, 0.25) is 0 Å². The van der Waals surface area contributed by atoms with Crippen LogP contribution in [0.3, 0.4) is 0 Å². The number of aromatic carboxylic acids is 2. The molecule has 56 heavy (non-hydrogen) atoms. The number of hydrogen-bond donors (Lipinski definition) is 6. The molecule has 18 heteroatoms. The standard InChI is InChI=1S/2C19H17N5O3S/c1-12-16(17(25)23(22-12)14-7-3-2-4-8-14)11-21-24(19(20)28)15-9-5-6-13(10-15)18(26)27;1-12-16(17(25)23(22-12)14-5-3-2-4-6-14)11-21-24(19(20)28)15-9-7-13(8-10-15)18(26)27/h2*2-11,25H,1H3,(H2,20,28)(H,26,27). The number of nitrogens with two attached hydrogens (primary N) is 2. The number of hydrazone groups is 2. The Morgan fingerprint density at radius 1 is 0.625 bits per heavy atom. The molecule has 6 rings (SSSR count). The lowest BCUT2D eigenvalue weighted by molar-refractivity contribution is 0.0686. The zero-order chi connectivity index (χ0) is 40.5. The summed E-state index contributed by atoms with van der Waals surface area (Å²) in [7, 11) is 0. The summed E-state index contributed by atoms with van der Waals surface area (Å²) in [6.45, 7) is 3.48. The minimum Gasteiger partial charge on any atom is -0.493 e. The molecule has 6 aromatic rings. The number of carboxylic acid groups (broad SMARTS) is 2. The summed E-state index contributed by atoms with van der Waals surface area (Å²) >= 11 is 10.1. The van der Waals surface area contributed by atoms with Crippen LogP contribution in [0.25, 0.3) is 11.4 Å². The molecule has 0 aliphatic heterocycles. The normalized spacial score (nSPS) is 10.9. The molecule has 8 N–H and O–H groups in total. The maximum atomic E-state index is 11.2. The fourth-order valence-corrected chi connectivity index (χ4v) is 5.41. The number of anilines is 2. The Hall–Kier alpha value is -7.44. The van der Waals surface area contributed by atoms with E-state index in [2.05, 4.69) is 20.4 Å². The van der Waals surface area contributed by atoms with Crippen molar-refractivity contribution in [3.05, 3.63) is 143 Å². The van der Waals surface area contributed by atoms with Crippen molar-refractivity contribution < 1.29 is 30.0 Å². The Morgan fingerprint density at radius 2 is 1.05 bits per heavy atom. The van der Waals surface area contributed by atoms with Gasteiger partial charge in [-0.2, -0.15) is 20.4 Å². The van der Waals surface area contributed by atoms with Gasteiger partial charge in [-0.1, -0.05) is 42.5 Å². The highest BCUT2D eigenvalue weighted by Gasteiger charge is 2.18. The molecule has 2 heterocycles. The van der Waals surface area contributed by atoms with Crippen LogP contribution in [-0.2, 0) is 0 Å². The van der Waals surface area contributed by atoms with Crippen LogP contribution in [-0.4, -0.2) is 74.6 Å². The molecule has 0 radical (unpaired) electrons. The summed E-state index contributed by atoms with van der Waals surface area (Å²) in [5.41, 5.74) is 15.9. The predicted octanol–water partition coefficient (Wildman–Crippen LogP) is 5.34. The second kappa shape index (κ2) is 17.6. The molecule has 0 saturated heterocycles. The van der Waals surface area contributed by atoms with Crippen LogP contribution in [0.1, 0.15) is 43.2 Å². The van der Waals surface area contributed by atoms with Gasteiger partial charge < -0.3 is 31.9 Å². The molecule has 16 nitrogen and oxygen atoms in total. The zero-order valence-corrected chi connectivity index (χ0v) is 31.3. The Morgan fingerprint density at radius 3 is 1.46 bits per heavy atom. The van der Waals surface area contributed by atoms with E-state index in [4.69, 9.17) is 46.1 Å². The van der Waals surface area contributed by atoms with E-state index in [-0.39, 0.29) is 33.1 Å². The minimum atomic E-state index is -1.08. The smallest absolute Gasteiger partial charge is 0.335 e. The lowest BCUT2D eigenvalue weighted by Gasteiger charge is -2.17. The number of carbonyl (C=O) groups is 2. The molecule has 0 atom stereocenters. The van der Waals surface area contributed by atoms with E-state index in [1.807, 2.05) is 60.7 Å². The summed E-state index contributed by atoms with van der Waals surface area (Å²) in [4.78, 5) is 22.2. The van der Waals surface area contributed by atoms with Crippen molar-refractivity contribution in [1.29, 1.82) is 0 Å². The van der Waals surface area contributed by atoms with Crippen molar-refractivity contribution in [2.24, 2.45) is 21.7 Å². The van der Waals surface area contributed by atoms with Gasteiger partial charge >= 0.3 is 11.9 Å². The lowest BCUT2D eigenvalue weighted by Crippen LogP contribution is -2.31. The molecule has 0 bridgehead atoms. The van der Waals surface area contributed by atoms with Crippen LogP contribution in [0.5, 0.6) is 11.8 Å². The second-order valence-electron chi connectivity index (χ2n) is 11.6. The van der Waals surface area contributed by atoms with Crippen molar-refractivity contribution >= 4 is 70.4 Å². The molecule has 0 fully saturated rings. The highest BCUT2D eigenvalue weighted by molar-refractivity contribution is 7.80. The molecule has 0 spiro atoms. The van der Waals surface area contributed by atoms with Crippen molar-refractivity contribution in [3.8, 4) is 23.1 Å².